The molecule has 3 aliphatic rings. The average molecular weight is 693 g/mol. The van der Waals surface area contributed by atoms with Crippen LogP contribution in [-0.4, -0.2) is 0 Å². The second-order valence-electron chi connectivity index (χ2n) is 14.5. The van der Waals surface area contributed by atoms with E-state index in [1.807, 2.05) is 0 Å². The van der Waals surface area contributed by atoms with E-state index < -0.39 is 5.41 Å². The third kappa shape index (κ3) is 4.59. The molecule has 0 fully saturated rings. The van der Waals surface area contributed by atoms with Gasteiger partial charge in [-0.15, -0.1) is 0 Å². The van der Waals surface area contributed by atoms with Crippen molar-refractivity contribution >= 4 is 5.69 Å². The lowest BCUT2D eigenvalue weighted by Gasteiger charge is -2.40. The van der Waals surface area contributed by atoms with Gasteiger partial charge in [0, 0.05) is 22.4 Å². The number of fused-ring (bicyclic) bond motifs is 10. The monoisotopic (exact) mass is 692 g/mol. The summed E-state index contributed by atoms with van der Waals surface area (Å²) in [5, 5.41) is 7.60. The molecule has 3 nitrogen and oxygen atoms in total. The Bertz CT molecular complexity index is 2650. The van der Waals surface area contributed by atoms with Gasteiger partial charge in [0.1, 0.15) is 17.7 Å². The Hall–Kier alpha value is -6.68. The molecular formula is C51H36N2O. The van der Waals surface area contributed by atoms with E-state index in [0.717, 1.165) is 28.3 Å². The van der Waals surface area contributed by atoms with Gasteiger partial charge in [0.15, 0.2) is 0 Å². The van der Waals surface area contributed by atoms with Crippen molar-refractivity contribution < 1.29 is 4.74 Å². The van der Waals surface area contributed by atoms with Gasteiger partial charge in [0.2, 0.25) is 0 Å². The highest BCUT2D eigenvalue weighted by molar-refractivity contribution is 5.90. The molecule has 2 heterocycles. The van der Waals surface area contributed by atoms with Crippen molar-refractivity contribution in [1.82, 2.24) is 5.32 Å². The van der Waals surface area contributed by atoms with Gasteiger partial charge in [0.05, 0.1) is 11.5 Å². The van der Waals surface area contributed by atoms with Crippen LogP contribution in [0.15, 0.2) is 194 Å². The Kier molecular flexibility index (Phi) is 6.98. The summed E-state index contributed by atoms with van der Waals surface area (Å²) in [7, 11) is 0. The number of ether oxygens (including phenoxy) is 1. The van der Waals surface area contributed by atoms with E-state index in [1.54, 1.807) is 0 Å². The zero-order chi connectivity index (χ0) is 35.6. The Labute approximate surface area is 315 Å². The third-order valence-electron chi connectivity index (χ3n) is 11.7. The van der Waals surface area contributed by atoms with Crippen molar-refractivity contribution in [2.45, 2.75) is 17.6 Å². The maximum absolute atomic E-state index is 6.91. The van der Waals surface area contributed by atoms with Crippen molar-refractivity contribution in [1.29, 1.82) is 0 Å². The number of nitrogens with one attached hydrogen (secondary N) is 2. The minimum Gasteiger partial charge on any atom is -0.456 e. The van der Waals surface area contributed by atoms with Crippen molar-refractivity contribution in [3.63, 3.8) is 0 Å². The third-order valence-corrected chi connectivity index (χ3v) is 11.7. The summed E-state index contributed by atoms with van der Waals surface area (Å²) >= 11 is 0. The van der Waals surface area contributed by atoms with Crippen LogP contribution in [-0.2, 0) is 5.41 Å². The molecule has 0 aromatic heterocycles. The van der Waals surface area contributed by atoms with Crippen molar-refractivity contribution in [3.05, 3.63) is 233 Å². The molecule has 2 atom stereocenters. The maximum atomic E-state index is 6.91. The summed E-state index contributed by atoms with van der Waals surface area (Å²) in [6, 6.07) is 70.2. The summed E-state index contributed by atoms with van der Waals surface area (Å²) < 4.78 is 6.91. The van der Waals surface area contributed by atoms with Gasteiger partial charge in [-0.1, -0.05) is 182 Å². The summed E-state index contributed by atoms with van der Waals surface area (Å²) in [5.41, 5.74) is 16.5. The molecule has 0 radical (unpaired) electrons. The van der Waals surface area contributed by atoms with E-state index >= 15 is 0 Å². The van der Waals surface area contributed by atoms with Gasteiger partial charge in [-0.2, -0.15) is 0 Å². The van der Waals surface area contributed by atoms with Crippen LogP contribution >= 0.6 is 0 Å². The molecule has 0 saturated heterocycles. The molecule has 3 heteroatoms. The molecule has 2 N–H and O–H groups in total. The van der Waals surface area contributed by atoms with Gasteiger partial charge < -0.3 is 10.1 Å². The average Bonchev–Trinajstić information content (AvgIpc) is 3.54. The summed E-state index contributed by atoms with van der Waals surface area (Å²) in [6.07, 6.45) is -0.0157. The second-order valence-corrected chi connectivity index (χ2v) is 14.5. The van der Waals surface area contributed by atoms with E-state index in [9.17, 15) is 0 Å². The van der Waals surface area contributed by atoms with E-state index in [1.165, 1.54) is 61.2 Å². The van der Waals surface area contributed by atoms with Gasteiger partial charge in [-0.3, -0.25) is 5.32 Å². The lowest BCUT2D eigenvalue weighted by Crippen LogP contribution is -2.37. The fourth-order valence-electron chi connectivity index (χ4n) is 9.25. The van der Waals surface area contributed by atoms with Gasteiger partial charge in [0.25, 0.3) is 0 Å². The lowest BCUT2D eigenvalue weighted by atomic mass is 9.65. The SMILES string of the molecule is c1ccc(C2NC(c3ccc(-c4ccc(-c5cccc6c5Oc5ccccc5C65c6ccccc6-c6ccccc65)cc4)cc3)Nc3ccccc32)cc1. The van der Waals surface area contributed by atoms with Crippen LogP contribution in [0.2, 0.25) is 0 Å². The predicted molar refractivity (Wildman–Crippen MR) is 219 cm³/mol. The fraction of sp³-hybridized carbons (Fsp3) is 0.0588. The molecule has 8 aromatic carbocycles. The first-order valence-corrected chi connectivity index (χ1v) is 18.7. The van der Waals surface area contributed by atoms with Crippen LogP contribution in [0, 0.1) is 0 Å². The number of anilines is 1. The molecule has 0 amide bonds. The highest BCUT2D eigenvalue weighted by Crippen LogP contribution is 2.63. The summed E-state index contributed by atoms with van der Waals surface area (Å²) in [4.78, 5) is 0. The molecule has 11 rings (SSSR count). The first-order valence-electron chi connectivity index (χ1n) is 18.7. The smallest absolute Gasteiger partial charge is 0.140 e. The summed E-state index contributed by atoms with van der Waals surface area (Å²) in [6.45, 7) is 0. The zero-order valence-electron chi connectivity index (χ0n) is 29.5. The molecule has 256 valence electrons. The van der Waals surface area contributed by atoms with Crippen LogP contribution in [0.1, 0.15) is 51.2 Å². The van der Waals surface area contributed by atoms with E-state index in [2.05, 4.69) is 205 Å². The van der Waals surface area contributed by atoms with Gasteiger partial charge in [-0.25, -0.2) is 0 Å². The van der Waals surface area contributed by atoms with Crippen LogP contribution in [0.25, 0.3) is 33.4 Å². The molecular weight excluding hydrogens is 657 g/mol. The number of rotatable bonds is 4. The molecule has 54 heavy (non-hydrogen) atoms. The zero-order valence-corrected chi connectivity index (χ0v) is 29.5. The fourth-order valence-corrected chi connectivity index (χ4v) is 9.25. The van der Waals surface area contributed by atoms with E-state index in [-0.39, 0.29) is 12.2 Å². The Morgan fingerprint density at radius 1 is 0.407 bits per heavy atom. The first-order chi connectivity index (χ1) is 26.8. The van der Waals surface area contributed by atoms with Crippen molar-refractivity contribution in [2.75, 3.05) is 5.32 Å². The van der Waals surface area contributed by atoms with E-state index in [4.69, 9.17) is 4.74 Å². The van der Waals surface area contributed by atoms with E-state index in [0.29, 0.717) is 0 Å². The van der Waals surface area contributed by atoms with Gasteiger partial charge >= 0.3 is 0 Å². The maximum Gasteiger partial charge on any atom is 0.140 e. The van der Waals surface area contributed by atoms with Gasteiger partial charge in [-0.05, 0) is 67.8 Å². The lowest BCUT2D eigenvalue weighted by molar-refractivity contribution is 0.438. The molecule has 0 saturated carbocycles. The highest BCUT2D eigenvalue weighted by Gasteiger charge is 2.51. The summed E-state index contributed by atoms with van der Waals surface area (Å²) in [5.74, 6) is 1.82. The number of para-hydroxylation sites is 3. The van der Waals surface area contributed by atoms with Crippen LogP contribution in [0.5, 0.6) is 11.5 Å². The first kappa shape index (κ1) is 30.9. The number of hydrogen-bond acceptors (Lipinski definition) is 3. The molecule has 8 aromatic rings. The van der Waals surface area contributed by atoms with Crippen LogP contribution in [0.3, 0.4) is 0 Å². The standard InChI is InChI=1S/C51H36N2O/c1-2-13-36(14-3-1)48-41-17-6-10-23-46(41)52-50(53-48)37-31-27-34(28-32-37)33-25-29-35(30-26-33)38-18-12-22-45-49(38)54-47-24-11-9-21-44(47)51(45)42-19-7-4-15-39(42)40-16-5-8-20-43(40)51/h1-32,48,50,52-53H. The number of benzene rings is 8. The second kappa shape index (κ2) is 12.2. The quantitative estimate of drug-likeness (QED) is 0.193. The highest BCUT2D eigenvalue weighted by atomic mass is 16.5. The topological polar surface area (TPSA) is 33.3 Å². The van der Waals surface area contributed by atoms with Crippen molar-refractivity contribution in [2.24, 2.45) is 0 Å². The predicted octanol–water partition coefficient (Wildman–Crippen LogP) is 12.3. The van der Waals surface area contributed by atoms with Crippen LogP contribution < -0.4 is 15.4 Å². The molecule has 2 unspecified atom stereocenters. The molecule has 1 aliphatic carbocycles. The Morgan fingerprint density at radius 3 is 1.70 bits per heavy atom. The molecule has 1 spiro atoms. The minimum atomic E-state index is -0.472. The minimum absolute atomic E-state index is 0.0157. The normalized spacial score (nSPS) is 16.9. The Morgan fingerprint density at radius 2 is 0.963 bits per heavy atom. The van der Waals surface area contributed by atoms with Crippen molar-refractivity contribution in [3.8, 4) is 44.9 Å². The largest absolute Gasteiger partial charge is 0.456 e. The number of hydrogen-bond donors (Lipinski definition) is 2. The molecule has 2 aliphatic heterocycles. The van der Waals surface area contributed by atoms with Crippen LogP contribution in [0.4, 0.5) is 5.69 Å². The Balaban J connectivity index is 0.940. The molecule has 0 bridgehead atoms.